The van der Waals surface area contributed by atoms with Crippen molar-refractivity contribution in [2.45, 2.75) is 6.54 Å². The summed E-state index contributed by atoms with van der Waals surface area (Å²) in [6.45, 7) is 4.00. The molecule has 0 atom stereocenters. The second kappa shape index (κ2) is 7.49. The summed E-state index contributed by atoms with van der Waals surface area (Å²) in [5.74, 6) is 0. The Morgan fingerprint density at radius 2 is 1.88 bits per heavy atom. The van der Waals surface area contributed by atoms with Crippen LogP contribution in [0.15, 0.2) is 61.1 Å². The number of fused-ring (bicyclic) bond motifs is 1. The lowest BCUT2D eigenvalue weighted by atomic mass is 10.1. The minimum absolute atomic E-state index is 0.0648. The maximum absolute atomic E-state index is 12.3. The van der Waals surface area contributed by atoms with E-state index in [1.54, 1.807) is 12.4 Å². The van der Waals surface area contributed by atoms with Crippen molar-refractivity contribution in [2.24, 2.45) is 0 Å². The first kappa shape index (κ1) is 16.5. The molecule has 0 unspecified atom stereocenters. The largest absolute Gasteiger partial charge is 0.322 e. The Labute approximate surface area is 152 Å². The first-order chi connectivity index (χ1) is 12.8. The van der Waals surface area contributed by atoms with Gasteiger partial charge in [-0.1, -0.05) is 18.2 Å². The molecule has 1 aliphatic rings. The quantitative estimate of drug-likeness (QED) is 0.791. The summed E-state index contributed by atoms with van der Waals surface area (Å²) >= 11 is 0. The summed E-state index contributed by atoms with van der Waals surface area (Å²) < 4.78 is 0. The van der Waals surface area contributed by atoms with Gasteiger partial charge in [-0.15, -0.1) is 0 Å². The molecule has 4 rings (SSSR count). The van der Waals surface area contributed by atoms with E-state index >= 15 is 0 Å². The number of piperazine rings is 1. The zero-order valence-electron chi connectivity index (χ0n) is 14.5. The molecule has 1 aliphatic heterocycles. The molecule has 1 aromatic carbocycles. The van der Waals surface area contributed by atoms with Gasteiger partial charge in [0.05, 0.1) is 17.4 Å². The molecule has 26 heavy (non-hydrogen) atoms. The third-order valence-electron chi connectivity index (χ3n) is 4.63. The van der Waals surface area contributed by atoms with Crippen LogP contribution in [-0.4, -0.2) is 52.0 Å². The van der Waals surface area contributed by atoms with Crippen molar-refractivity contribution in [1.29, 1.82) is 0 Å². The Bertz CT molecular complexity index is 891. The maximum Gasteiger partial charge on any atom is 0.321 e. The monoisotopic (exact) mass is 347 g/mol. The summed E-state index contributed by atoms with van der Waals surface area (Å²) in [6, 6.07) is 13.9. The van der Waals surface area contributed by atoms with E-state index in [-0.39, 0.29) is 6.03 Å². The summed E-state index contributed by atoms with van der Waals surface area (Å²) in [5.41, 5.74) is 2.95. The fourth-order valence-corrected chi connectivity index (χ4v) is 3.21. The van der Waals surface area contributed by atoms with Crippen LogP contribution in [-0.2, 0) is 6.54 Å². The van der Waals surface area contributed by atoms with Gasteiger partial charge < -0.3 is 10.2 Å². The predicted octanol–water partition coefficient (Wildman–Crippen LogP) is 2.98. The molecular formula is C20H21N5O. The van der Waals surface area contributed by atoms with E-state index in [2.05, 4.69) is 32.3 Å². The van der Waals surface area contributed by atoms with Crippen LogP contribution in [0.1, 0.15) is 5.56 Å². The van der Waals surface area contributed by atoms with E-state index in [0.717, 1.165) is 30.8 Å². The lowest BCUT2D eigenvalue weighted by Gasteiger charge is -2.34. The van der Waals surface area contributed by atoms with Gasteiger partial charge in [0, 0.05) is 50.5 Å². The van der Waals surface area contributed by atoms with Gasteiger partial charge in [-0.3, -0.25) is 14.9 Å². The minimum Gasteiger partial charge on any atom is -0.322 e. The highest BCUT2D eigenvalue weighted by Crippen LogP contribution is 2.15. The van der Waals surface area contributed by atoms with Gasteiger partial charge in [0.25, 0.3) is 0 Å². The van der Waals surface area contributed by atoms with Crippen molar-refractivity contribution in [1.82, 2.24) is 19.8 Å². The van der Waals surface area contributed by atoms with E-state index in [1.807, 2.05) is 41.4 Å². The zero-order valence-corrected chi connectivity index (χ0v) is 14.5. The van der Waals surface area contributed by atoms with Gasteiger partial charge in [0.1, 0.15) is 0 Å². The number of hydrogen-bond acceptors (Lipinski definition) is 4. The second-order valence-electron chi connectivity index (χ2n) is 6.47. The number of pyridine rings is 2. The van der Waals surface area contributed by atoms with E-state index < -0.39 is 0 Å². The number of benzene rings is 1. The molecule has 132 valence electrons. The molecule has 0 bridgehead atoms. The average molecular weight is 347 g/mol. The molecule has 2 amide bonds. The standard InChI is InChI=1S/C20H21N5O/c26-20(23-18-5-3-7-21-14-18)25-10-8-24(9-11-25)15-16-12-17-4-1-2-6-19(17)22-13-16/h1-7,12-14H,8-11,15H2,(H,23,26). The number of amides is 2. The van der Waals surface area contributed by atoms with Crippen LogP contribution in [0, 0.1) is 0 Å². The fraction of sp³-hybridized carbons (Fsp3) is 0.250. The maximum atomic E-state index is 12.3. The van der Waals surface area contributed by atoms with Crippen LogP contribution in [0.2, 0.25) is 0 Å². The second-order valence-corrected chi connectivity index (χ2v) is 6.47. The SMILES string of the molecule is O=C(Nc1cccnc1)N1CCN(Cc2cnc3ccccc3c2)CC1. The summed E-state index contributed by atoms with van der Waals surface area (Å²) in [5, 5.41) is 4.06. The third-order valence-corrected chi connectivity index (χ3v) is 4.63. The van der Waals surface area contributed by atoms with Gasteiger partial charge in [-0.2, -0.15) is 0 Å². The van der Waals surface area contributed by atoms with Crippen LogP contribution >= 0.6 is 0 Å². The Hall–Kier alpha value is -2.99. The topological polar surface area (TPSA) is 61.4 Å². The molecule has 2 aromatic heterocycles. The Morgan fingerprint density at radius 1 is 1.04 bits per heavy atom. The molecule has 3 aromatic rings. The highest BCUT2D eigenvalue weighted by Gasteiger charge is 2.21. The smallest absolute Gasteiger partial charge is 0.321 e. The third kappa shape index (κ3) is 3.81. The van der Waals surface area contributed by atoms with Crippen molar-refractivity contribution >= 4 is 22.6 Å². The highest BCUT2D eigenvalue weighted by molar-refractivity contribution is 5.89. The molecule has 0 spiro atoms. The number of anilines is 1. The highest BCUT2D eigenvalue weighted by atomic mass is 16.2. The van der Waals surface area contributed by atoms with Crippen LogP contribution < -0.4 is 5.32 Å². The van der Waals surface area contributed by atoms with Gasteiger partial charge in [-0.05, 0) is 29.8 Å². The fourth-order valence-electron chi connectivity index (χ4n) is 3.21. The first-order valence-electron chi connectivity index (χ1n) is 8.80. The lowest BCUT2D eigenvalue weighted by Crippen LogP contribution is -2.49. The number of nitrogens with one attached hydrogen (secondary N) is 1. The number of rotatable bonds is 3. The first-order valence-corrected chi connectivity index (χ1v) is 8.80. The normalized spacial score (nSPS) is 15.2. The molecule has 1 fully saturated rings. The van der Waals surface area contributed by atoms with E-state index in [4.69, 9.17) is 0 Å². The zero-order chi connectivity index (χ0) is 17.8. The van der Waals surface area contributed by atoms with Gasteiger partial charge in [-0.25, -0.2) is 4.79 Å². The van der Waals surface area contributed by atoms with Crippen LogP contribution in [0.4, 0.5) is 10.5 Å². The van der Waals surface area contributed by atoms with E-state index in [1.165, 1.54) is 10.9 Å². The van der Waals surface area contributed by atoms with E-state index in [0.29, 0.717) is 13.1 Å². The summed E-state index contributed by atoms with van der Waals surface area (Å²) in [7, 11) is 0. The molecule has 6 heteroatoms. The summed E-state index contributed by atoms with van der Waals surface area (Å²) in [4.78, 5) is 25.1. The number of aromatic nitrogens is 2. The van der Waals surface area contributed by atoms with Crippen molar-refractivity contribution in [2.75, 3.05) is 31.5 Å². The molecule has 1 saturated heterocycles. The molecular weight excluding hydrogens is 326 g/mol. The molecule has 6 nitrogen and oxygen atoms in total. The molecule has 1 N–H and O–H groups in total. The number of hydrogen-bond donors (Lipinski definition) is 1. The number of para-hydroxylation sites is 1. The Kier molecular flexibility index (Phi) is 4.75. The van der Waals surface area contributed by atoms with Crippen molar-refractivity contribution in [3.05, 3.63) is 66.6 Å². The van der Waals surface area contributed by atoms with Crippen LogP contribution in [0.5, 0.6) is 0 Å². The summed E-state index contributed by atoms with van der Waals surface area (Å²) in [6.07, 6.45) is 5.29. The predicted molar refractivity (Wildman–Crippen MR) is 102 cm³/mol. The van der Waals surface area contributed by atoms with Crippen molar-refractivity contribution < 1.29 is 4.79 Å². The number of carbonyl (C=O) groups excluding carboxylic acids is 1. The van der Waals surface area contributed by atoms with Crippen molar-refractivity contribution in [3.8, 4) is 0 Å². The Morgan fingerprint density at radius 3 is 2.69 bits per heavy atom. The number of carbonyl (C=O) groups is 1. The molecule has 0 radical (unpaired) electrons. The van der Waals surface area contributed by atoms with E-state index in [9.17, 15) is 4.79 Å². The van der Waals surface area contributed by atoms with Crippen molar-refractivity contribution in [3.63, 3.8) is 0 Å². The Balaban J connectivity index is 1.32. The molecule has 3 heterocycles. The van der Waals surface area contributed by atoms with Crippen LogP contribution in [0.25, 0.3) is 10.9 Å². The molecule has 0 saturated carbocycles. The lowest BCUT2D eigenvalue weighted by molar-refractivity contribution is 0.143. The minimum atomic E-state index is -0.0648. The van der Waals surface area contributed by atoms with Crippen LogP contribution in [0.3, 0.4) is 0 Å². The number of urea groups is 1. The molecule has 0 aliphatic carbocycles. The average Bonchev–Trinajstić information content (AvgIpc) is 2.69. The van der Waals surface area contributed by atoms with Gasteiger partial charge >= 0.3 is 6.03 Å². The van der Waals surface area contributed by atoms with Gasteiger partial charge in [0.2, 0.25) is 0 Å². The number of nitrogens with zero attached hydrogens (tertiary/aromatic N) is 4. The van der Waals surface area contributed by atoms with Gasteiger partial charge in [0.15, 0.2) is 0 Å².